The number of hydrogen-bond donors (Lipinski definition) is 2. The molecule has 0 aromatic carbocycles. The lowest BCUT2D eigenvalue weighted by Gasteiger charge is -2.12. The summed E-state index contributed by atoms with van der Waals surface area (Å²) < 4.78 is 1.05. The highest BCUT2D eigenvalue weighted by molar-refractivity contribution is 6.04. The van der Waals surface area contributed by atoms with Crippen molar-refractivity contribution in [1.29, 1.82) is 0 Å². The summed E-state index contributed by atoms with van der Waals surface area (Å²) in [7, 11) is 0. The quantitative estimate of drug-likeness (QED) is 0.764. The van der Waals surface area contributed by atoms with Gasteiger partial charge in [0.2, 0.25) is 0 Å². The molecule has 0 bridgehead atoms. The minimum Gasteiger partial charge on any atom is -0.394 e. The highest BCUT2D eigenvalue weighted by Gasteiger charge is 2.19. The lowest BCUT2D eigenvalue weighted by molar-refractivity contribution is 0.101. The number of carbonyl (C=O) groups is 1. The number of pyridine rings is 1. The molecular weight excluding hydrogens is 260 g/mol. The number of rotatable bonds is 4. The van der Waals surface area contributed by atoms with Gasteiger partial charge < -0.3 is 10.8 Å². The predicted octanol–water partition coefficient (Wildman–Crippen LogP) is 0.0824. The van der Waals surface area contributed by atoms with Gasteiger partial charge in [-0.25, -0.2) is 4.68 Å². The third-order valence-corrected chi connectivity index (χ3v) is 2.79. The monoisotopic (exact) mass is 274 g/mol. The number of anilines is 1. The van der Waals surface area contributed by atoms with Crippen molar-refractivity contribution in [3.8, 4) is 11.3 Å². The Morgan fingerprint density at radius 2 is 2.25 bits per heavy atom. The summed E-state index contributed by atoms with van der Waals surface area (Å²) in [6.45, 7) is 1.08. The molecule has 7 nitrogen and oxygen atoms in total. The van der Waals surface area contributed by atoms with Crippen LogP contribution in [0.15, 0.2) is 29.3 Å². The first-order valence-corrected chi connectivity index (χ1v) is 5.99. The van der Waals surface area contributed by atoms with E-state index in [-0.39, 0.29) is 35.9 Å². The van der Waals surface area contributed by atoms with Gasteiger partial charge in [-0.1, -0.05) is 0 Å². The number of nitrogens with two attached hydrogens (primary N) is 1. The second-order valence-corrected chi connectivity index (χ2v) is 4.19. The number of ketones is 1. The zero-order chi connectivity index (χ0) is 14.7. The first-order chi connectivity index (χ1) is 9.56. The molecule has 104 valence electrons. The second kappa shape index (κ2) is 5.62. The highest BCUT2D eigenvalue weighted by atomic mass is 16.3. The number of nitrogens with zero attached hydrogens (tertiary/aromatic N) is 3. The fraction of sp³-hybridized carbons (Fsp3) is 0.231. The van der Waals surface area contributed by atoms with E-state index >= 15 is 0 Å². The Morgan fingerprint density at radius 1 is 1.50 bits per heavy atom. The van der Waals surface area contributed by atoms with Gasteiger partial charge in [-0.3, -0.25) is 14.6 Å². The summed E-state index contributed by atoms with van der Waals surface area (Å²) in [4.78, 5) is 27.7. The van der Waals surface area contributed by atoms with Crippen molar-refractivity contribution in [2.24, 2.45) is 0 Å². The van der Waals surface area contributed by atoms with Crippen LogP contribution in [0.5, 0.6) is 0 Å². The zero-order valence-corrected chi connectivity index (χ0v) is 10.9. The van der Waals surface area contributed by atoms with Crippen LogP contribution in [0.1, 0.15) is 17.3 Å². The zero-order valence-electron chi connectivity index (χ0n) is 10.9. The Hall–Kier alpha value is -2.54. The molecule has 20 heavy (non-hydrogen) atoms. The average Bonchev–Trinajstić information content (AvgIpc) is 2.44. The summed E-state index contributed by atoms with van der Waals surface area (Å²) in [6.07, 6.45) is 3.12. The Kier molecular flexibility index (Phi) is 3.90. The molecule has 2 aromatic rings. The molecule has 0 unspecified atom stereocenters. The largest absolute Gasteiger partial charge is 0.394 e. The van der Waals surface area contributed by atoms with Crippen LogP contribution < -0.4 is 11.3 Å². The lowest BCUT2D eigenvalue weighted by Crippen LogP contribution is -2.30. The standard InChI is InChI=1S/C13H14N4O3/c1-8(19)10-11(14)13(20)17(5-6-18)16-12(10)9-3-2-4-15-7-9/h2-4,7,18H,5-6,14H2,1H3. The molecule has 2 aromatic heterocycles. The van der Waals surface area contributed by atoms with Gasteiger partial charge in [0, 0.05) is 18.0 Å². The van der Waals surface area contributed by atoms with Crippen molar-refractivity contribution in [1.82, 2.24) is 14.8 Å². The fourth-order valence-electron chi connectivity index (χ4n) is 1.90. The van der Waals surface area contributed by atoms with Crippen molar-refractivity contribution in [3.63, 3.8) is 0 Å². The minimum atomic E-state index is -0.586. The maximum absolute atomic E-state index is 12.0. The van der Waals surface area contributed by atoms with Gasteiger partial charge in [-0.05, 0) is 19.1 Å². The maximum Gasteiger partial charge on any atom is 0.290 e. The fourth-order valence-corrected chi connectivity index (χ4v) is 1.90. The summed E-state index contributed by atoms with van der Waals surface area (Å²) in [5.74, 6) is -0.345. The van der Waals surface area contributed by atoms with Gasteiger partial charge in [-0.15, -0.1) is 0 Å². The summed E-state index contributed by atoms with van der Waals surface area (Å²) in [6, 6.07) is 3.41. The molecule has 2 heterocycles. The number of aliphatic hydroxyl groups excluding tert-OH is 1. The van der Waals surface area contributed by atoms with Gasteiger partial charge >= 0.3 is 0 Å². The molecule has 0 spiro atoms. The van der Waals surface area contributed by atoms with Gasteiger partial charge in [0.25, 0.3) is 5.56 Å². The number of hydrogen-bond acceptors (Lipinski definition) is 6. The molecule has 2 rings (SSSR count). The molecule has 0 fully saturated rings. The first kappa shape index (κ1) is 13.9. The van der Waals surface area contributed by atoms with Crippen molar-refractivity contribution in [2.45, 2.75) is 13.5 Å². The van der Waals surface area contributed by atoms with Crippen LogP contribution in [-0.2, 0) is 6.54 Å². The molecule has 0 amide bonds. The Morgan fingerprint density at radius 3 is 2.80 bits per heavy atom. The number of nitrogen functional groups attached to an aromatic ring is 1. The average molecular weight is 274 g/mol. The molecule has 0 aliphatic rings. The van der Waals surface area contributed by atoms with E-state index in [0.717, 1.165) is 4.68 Å². The van der Waals surface area contributed by atoms with E-state index in [9.17, 15) is 9.59 Å². The van der Waals surface area contributed by atoms with E-state index in [1.165, 1.54) is 13.1 Å². The van der Waals surface area contributed by atoms with Gasteiger partial charge in [0.1, 0.15) is 11.4 Å². The van der Waals surface area contributed by atoms with Crippen LogP contribution in [0, 0.1) is 0 Å². The topological polar surface area (TPSA) is 111 Å². The van der Waals surface area contributed by atoms with Gasteiger partial charge in [0.05, 0.1) is 18.7 Å². The number of aromatic nitrogens is 3. The van der Waals surface area contributed by atoms with E-state index in [1.54, 1.807) is 18.3 Å². The molecule has 0 radical (unpaired) electrons. The molecule has 7 heteroatoms. The second-order valence-electron chi connectivity index (χ2n) is 4.19. The molecule has 0 saturated carbocycles. The van der Waals surface area contributed by atoms with Crippen LogP contribution in [-0.4, -0.2) is 32.3 Å². The maximum atomic E-state index is 12.0. The van der Waals surface area contributed by atoms with Crippen LogP contribution in [0.2, 0.25) is 0 Å². The Labute approximate surface area is 114 Å². The van der Waals surface area contributed by atoms with Crippen molar-refractivity contribution >= 4 is 11.5 Å². The summed E-state index contributed by atoms with van der Waals surface area (Å²) >= 11 is 0. The number of carbonyl (C=O) groups excluding carboxylic acids is 1. The third-order valence-electron chi connectivity index (χ3n) is 2.79. The molecule has 0 aliphatic heterocycles. The van der Waals surface area contributed by atoms with Crippen molar-refractivity contribution in [2.75, 3.05) is 12.3 Å². The molecule has 0 aliphatic carbocycles. The van der Waals surface area contributed by atoms with Crippen LogP contribution >= 0.6 is 0 Å². The SMILES string of the molecule is CC(=O)c1c(-c2cccnc2)nn(CCO)c(=O)c1N. The van der Waals surface area contributed by atoms with Crippen LogP contribution in [0.3, 0.4) is 0 Å². The summed E-state index contributed by atoms with van der Waals surface area (Å²) in [5, 5.41) is 13.1. The molecular formula is C13H14N4O3. The normalized spacial score (nSPS) is 10.5. The van der Waals surface area contributed by atoms with Crippen LogP contribution in [0.4, 0.5) is 5.69 Å². The van der Waals surface area contributed by atoms with E-state index < -0.39 is 5.56 Å². The smallest absolute Gasteiger partial charge is 0.290 e. The van der Waals surface area contributed by atoms with Crippen LogP contribution in [0.25, 0.3) is 11.3 Å². The third kappa shape index (κ3) is 2.43. The molecule has 0 saturated heterocycles. The molecule has 3 N–H and O–H groups in total. The molecule has 0 atom stereocenters. The first-order valence-electron chi connectivity index (χ1n) is 5.99. The lowest BCUT2D eigenvalue weighted by atomic mass is 10.0. The predicted molar refractivity (Wildman–Crippen MR) is 73.2 cm³/mol. The minimum absolute atomic E-state index is 0.00841. The van der Waals surface area contributed by atoms with E-state index in [2.05, 4.69) is 10.1 Å². The van der Waals surface area contributed by atoms with E-state index in [0.29, 0.717) is 5.56 Å². The summed E-state index contributed by atoms with van der Waals surface area (Å²) in [5.41, 5.74) is 5.95. The van der Waals surface area contributed by atoms with E-state index in [1.807, 2.05) is 0 Å². The number of Topliss-reactive ketones (excluding diaryl/α,β-unsaturated/α-hetero) is 1. The Balaban J connectivity index is 2.77. The number of aliphatic hydroxyl groups is 1. The van der Waals surface area contributed by atoms with Gasteiger partial charge in [0.15, 0.2) is 5.78 Å². The van der Waals surface area contributed by atoms with E-state index in [4.69, 9.17) is 10.8 Å². The van der Waals surface area contributed by atoms with Crippen molar-refractivity contribution in [3.05, 3.63) is 40.4 Å². The highest BCUT2D eigenvalue weighted by Crippen LogP contribution is 2.23. The van der Waals surface area contributed by atoms with Gasteiger partial charge in [-0.2, -0.15) is 5.10 Å². The Bertz CT molecular complexity index is 695. The van der Waals surface area contributed by atoms with Crippen molar-refractivity contribution < 1.29 is 9.90 Å².